The first-order chi connectivity index (χ1) is 10.0. The average Bonchev–Trinajstić information content (AvgIpc) is 3.09. The van der Waals surface area contributed by atoms with Crippen LogP contribution in [0.25, 0.3) is 0 Å². The maximum absolute atomic E-state index is 12.6. The number of sulfonamides is 1. The van der Waals surface area contributed by atoms with Crippen LogP contribution >= 0.6 is 11.6 Å². The van der Waals surface area contributed by atoms with Crippen molar-refractivity contribution in [2.24, 2.45) is 17.8 Å². The van der Waals surface area contributed by atoms with Crippen molar-refractivity contribution in [1.29, 1.82) is 0 Å². The van der Waals surface area contributed by atoms with E-state index < -0.39 is 10.0 Å². The van der Waals surface area contributed by atoms with Crippen molar-refractivity contribution in [3.05, 3.63) is 23.9 Å². The lowest BCUT2D eigenvalue weighted by atomic mass is 9.89. The molecule has 0 N–H and O–H groups in total. The third-order valence-electron chi connectivity index (χ3n) is 5.00. The van der Waals surface area contributed by atoms with E-state index in [2.05, 4.69) is 4.98 Å². The molecule has 1 aromatic heterocycles. The van der Waals surface area contributed by atoms with E-state index in [9.17, 15) is 8.42 Å². The van der Waals surface area contributed by atoms with Gasteiger partial charge in [-0.05, 0) is 48.6 Å². The number of fused-ring (bicyclic) bond motifs is 2. The topological polar surface area (TPSA) is 50.3 Å². The molecule has 3 unspecified atom stereocenters. The van der Waals surface area contributed by atoms with Crippen molar-refractivity contribution in [2.75, 3.05) is 13.6 Å². The molecule has 2 aliphatic rings. The zero-order chi connectivity index (χ0) is 15.0. The quantitative estimate of drug-likeness (QED) is 0.781. The Balaban J connectivity index is 1.71. The molecule has 0 amide bonds. The predicted octanol–water partition coefficient (Wildman–Crippen LogP) is 2.88. The average molecular weight is 329 g/mol. The number of hydrogen-bond donors (Lipinski definition) is 0. The standard InChI is InChI=1S/C15H21ClN2O2S/c1-18(10-14-7-11-2-4-13(14)6-11)21(19,20)15-5-3-12(8-16)9-17-15/h3,5,9,11,13-14H,2,4,6-8,10H2,1H3. The fourth-order valence-electron chi connectivity index (χ4n) is 3.83. The van der Waals surface area contributed by atoms with Gasteiger partial charge in [-0.1, -0.05) is 12.5 Å². The van der Waals surface area contributed by atoms with Gasteiger partial charge in [0.15, 0.2) is 5.03 Å². The SMILES string of the molecule is CN(CC1CC2CCC1C2)S(=O)(=O)c1ccc(CCl)cn1. The normalized spacial score (nSPS) is 28.4. The zero-order valence-electron chi connectivity index (χ0n) is 12.2. The van der Waals surface area contributed by atoms with Crippen molar-refractivity contribution < 1.29 is 8.42 Å². The first-order valence-corrected chi connectivity index (χ1v) is 9.45. The van der Waals surface area contributed by atoms with Crippen molar-refractivity contribution >= 4 is 21.6 Å². The largest absolute Gasteiger partial charge is 0.260 e. The number of hydrogen-bond acceptors (Lipinski definition) is 3. The number of rotatable bonds is 5. The first kappa shape index (κ1) is 15.3. The van der Waals surface area contributed by atoms with Gasteiger partial charge in [0.1, 0.15) is 0 Å². The molecular weight excluding hydrogens is 308 g/mol. The van der Waals surface area contributed by atoms with Crippen LogP contribution in [-0.2, 0) is 15.9 Å². The van der Waals surface area contributed by atoms with Gasteiger partial charge in [0.2, 0.25) is 0 Å². The van der Waals surface area contributed by atoms with E-state index in [1.165, 1.54) is 36.2 Å². The maximum Gasteiger partial charge on any atom is 0.260 e. The second kappa shape index (κ2) is 5.86. The van der Waals surface area contributed by atoms with E-state index in [-0.39, 0.29) is 5.03 Å². The zero-order valence-corrected chi connectivity index (χ0v) is 13.8. The van der Waals surface area contributed by atoms with Gasteiger partial charge >= 0.3 is 0 Å². The second-order valence-corrected chi connectivity index (χ2v) is 8.62. The smallest absolute Gasteiger partial charge is 0.243 e. The Bertz CT molecular complexity index is 603. The van der Waals surface area contributed by atoms with Crippen molar-refractivity contribution in [3.63, 3.8) is 0 Å². The molecule has 3 rings (SSSR count). The van der Waals surface area contributed by atoms with Crippen LogP contribution in [-0.4, -0.2) is 31.3 Å². The van der Waals surface area contributed by atoms with Crippen LogP contribution in [0.4, 0.5) is 0 Å². The van der Waals surface area contributed by atoms with Crippen LogP contribution in [0.2, 0.25) is 0 Å². The number of alkyl halides is 1. The van der Waals surface area contributed by atoms with E-state index >= 15 is 0 Å². The summed E-state index contributed by atoms with van der Waals surface area (Å²) in [4.78, 5) is 4.05. The van der Waals surface area contributed by atoms with Gasteiger partial charge in [-0.2, -0.15) is 4.31 Å². The Hall–Kier alpha value is -0.650. The van der Waals surface area contributed by atoms with Crippen LogP contribution in [0, 0.1) is 17.8 Å². The first-order valence-electron chi connectivity index (χ1n) is 7.48. The summed E-state index contributed by atoms with van der Waals surface area (Å²) in [6.45, 7) is 0.614. The highest BCUT2D eigenvalue weighted by atomic mass is 35.5. The lowest BCUT2D eigenvalue weighted by Crippen LogP contribution is -2.34. The number of aromatic nitrogens is 1. The highest BCUT2D eigenvalue weighted by Crippen LogP contribution is 2.48. The van der Waals surface area contributed by atoms with E-state index in [0.717, 1.165) is 17.4 Å². The summed E-state index contributed by atoms with van der Waals surface area (Å²) in [5.41, 5.74) is 0.825. The van der Waals surface area contributed by atoms with Crippen molar-refractivity contribution in [2.45, 2.75) is 36.6 Å². The minimum atomic E-state index is -3.49. The Morgan fingerprint density at radius 2 is 2.14 bits per heavy atom. The molecule has 3 atom stereocenters. The molecule has 1 heterocycles. The van der Waals surface area contributed by atoms with Crippen molar-refractivity contribution in [1.82, 2.24) is 9.29 Å². The minimum absolute atomic E-state index is 0.113. The van der Waals surface area contributed by atoms with Gasteiger partial charge < -0.3 is 0 Å². The Morgan fingerprint density at radius 3 is 2.67 bits per heavy atom. The maximum atomic E-state index is 12.6. The van der Waals surface area contributed by atoms with E-state index in [0.29, 0.717) is 18.3 Å². The monoisotopic (exact) mass is 328 g/mol. The lowest BCUT2D eigenvalue weighted by molar-refractivity contribution is 0.280. The summed E-state index contributed by atoms with van der Waals surface area (Å²) in [6.07, 6.45) is 6.61. The third-order valence-corrected chi connectivity index (χ3v) is 7.05. The molecule has 116 valence electrons. The molecule has 0 aromatic carbocycles. The Kier molecular flexibility index (Phi) is 4.26. The summed E-state index contributed by atoms with van der Waals surface area (Å²) in [5, 5.41) is 0.113. The van der Waals surface area contributed by atoms with E-state index in [1.54, 1.807) is 19.2 Å². The summed E-state index contributed by atoms with van der Waals surface area (Å²) in [5.74, 6) is 2.41. The molecule has 0 radical (unpaired) electrons. The summed E-state index contributed by atoms with van der Waals surface area (Å²) in [6, 6.07) is 3.27. The van der Waals surface area contributed by atoms with E-state index in [1.807, 2.05) is 0 Å². The van der Waals surface area contributed by atoms with Gasteiger partial charge in [0, 0.05) is 25.7 Å². The van der Waals surface area contributed by atoms with E-state index in [4.69, 9.17) is 11.6 Å². The summed E-state index contributed by atoms with van der Waals surface area (Å²) in [7, 11) is -1.82. The van der Waals surface area contributed by atoms with Crippen LogP contribution in [0.1, 0.15) is 31.2 Å². The highest BCUT2D eigenvalue weighted by Gasteiger charge is 2.41. The van der Waals surface area contributed by atoms with Crippen molar-refractivity contribution in [3.8, 4) is 0 Å². The fourth-order valence-corrected chi connectivity index (χ4v) is 5.12. The number of nitrogens with zero attached hydrogens (tertiary/aromatic N) is 2. The van der Waals surface area contributed by atoms with Crippen LogP contribution in [0.3, 0.4) is 0 Å². The molecule has 1 aromatic rings. The van der Waals surface area contributed by atoms with Gasteiger partial charge in [-0.15, -0.1) is 11.6 Å². The molecule has 2 aliphatic carbocycles. The van der Waals surface area contributed by atoms with Crippen LogP contribution in [0.15, 0.2) is 23.4 Å². The van der Waals surface area contributed by atoms with Crippen LogP contribution in [0.5, 0.6) is 0 Å². The Labute approximate surface area is 131 Å². The molecule has 2 saturated carbocycles. The van der Waals surface area contributed by atoms with Gasteiger partial charge in [-0.25, -0.2) is 13.4 Å². The minimum Gasteiger partial charge on any atom is -0.243 e. The molecule has 21 heavy (non-hydrogen) atoms. The molecule has 2 bridgehead atoms. The number of pyridine rings is 1. The van der Waals surface area contributed by atoms with Crippen LogP contribution < -0.4 is 0 Å². The molecule has 0 aliphatic heterocycles. The fraction of sp³-hybridized carbons (Fsp3) is 0.667. The second-order valence-electron chi connectivity index (χ2n) is 6.36. The van der Waals surface area contributed by atoms with Gasteiger partial charge in [0.25, 0.3) is 10.0 Å². The molecule has 2 fully saturated rings. The molecule has 4 nitrogen and oxygen atoms in total. The molecule has 0 saturated heterocycles. The highest BCUT2D eigenvalue weighted by molar-refractivity contribution is 7.89. The molecule has 0 spiro atoms. The van der Waals surface area contributed by atoms with Gasteiger partial charge in [-0.3, -0.25) is 0 Å². The molecular formula is C15H21ClN2O2S. The lowest BCUT2D eigenvalue weighted by Gasteiger charge is -2.26. The predicted molar refractivity (Wildman–Crippen MR) is 82.5 cm³/mol. The molecule has 6 heteroatoms. The summed E-state index contributed by atoms with van der Waals surface area (Å²) < 4.78 is 26.6. The number of halogens is 1. The third kappa shape index (κ3) is 2.96. The Morgan fingerprint density at radius 1 is 1.33 bits per heavy atom. The van der Waals surface area contributed by atoms with Gasteiger partial charge in [0.05, 0.1) is 0 Å². The summed E-state index contributed by atoms with van der Waals surface area (Å²) >= 11 is 5.71.